The van der Waals surface area contributed by atoms with Crippen LogP contribution in [0.3, 0.4) is 0 Å². The third-order valence-electron chi connectivity index (χ3n) is 2.30. The summed E-state index contributed by atoms with van der Waals surface area (Å²) < 4.78 is 5.01. The van der Waals surface area contributed by atoms with E-state index in [2.05, 4.69) is 5.43 Å². The van der Waals surface area contributed by atoms with Crippen molar-refractivity contribution >= 4 is 29.1 Å². The molecular formula is C10H12Cl2N2O2. The van der Waals surface area contributed by atoms with E-state index in [1.807, 2.05) is 0 Å². The molecule has 0 aliphatic rings. The number of nitrogens with two attached hydrogens (primary N) is 1. The molecule has 16 heavy (non-hydrogen) atoms. The van der Waals surface area contributed by atoms with Gasteiger partial charge >= 0.3 is 0 Å². The Morgan fingerprint density at radius 2 is 2.06 bits per heavy atom. The summed E-state index contributed by atoms with van der Waals surface area (Å²) >= 11 is 12.0. The number of hydrogen-bond acceptors (Lipinski definition) is 3. The van der Waals surface area contributed by atoms with Gasteiger partial charge in [-0.25, -0.2) is 5.84 Å². The average Bonchev–Trinajstić information content (AvgIpc) is 2.30. The highest BCUT2D eigenvalue weighted by molar-refractivity contribution is 6.43. The zero-order valence-electron chi connectivity index (χ0n) is 8.88. The van der Waals surface area contributed by atoms with Crippen molar-refractivity contribution in [3.8, 4) is 5.75 Å². The molecule has 0 spiro atoms. The van der Waals surface area contributed by atoms with Crippen LogP contribution in [0.4, 0.5) is 0 Å². The monoisotopic (exact) mass is 262 g/mol. The first-order valence-electron chi connectivity index (χ1n) is 4.55. The van der Waals surface area contributed by atoms with Gasteiger partial charge in [0, 0.05) is 0 Å². The van der Waals surface area contributed by atoms with Gasteiger partial charge in [-0.2, -0.15) is 0 Å². The van der Waals surface area contributed by atoms with Gasteiger partial charge in [0.15, 0.2) is 0 Å². The Balaban J connectivity index is 3.17. The van der Waals surface area contributed by atoms with E-state index in [1.54, 1.807) is 19.1 Å². The summed E-state index contributed by atoms with van der Waals surface area (Å²) in [5.41, 5.74) is 2.67. The number of hydrazine groups is 1. The second-order valence-electron chi connectivity index (χ2n) is 3.22. The number of methoxy groups -OCH3 is 1. The number of hydrogen-bond donors (Lipinski definition) is 2. The molecule has 3 N–H and O–H groups in total. The minimum Gasteiger partial charge on any atom is -0.495 e. The van der Waals surface area contributed by atoms with Crippen molar-refractivity contribution in [2.75, 3.05) is 7.11 Å². The van der Waals surface area contributed by atoms with Crippen molar-refractivity contribution < 1.29 is 9.53 Å². The van der Waals surface area contributed by atoms with Gasteiger partial charge in [0.25, 0.3) is 0 Å². The lowest BCUT2D eigenvalue weighted by Gasteiger charge is -2.14. The highest BCUT2D eigenvalue weighted by Gasteiger charge is 2.20. The van der Waals surface area contributed by atoms with E-state index < -0.39 is 5.92 Å². The number of halogens is 2. The van der Waals surface area contributed by atoms with Crippen molar-refractivity contribution in [1.82, 2.24) is 5.43 Å². The van der Waals surface area contributed by atoms with E-state index in [1.165, 1.54) is 7.11 Å². The summed E-state index contributed by atoms with van der Waals surface area (Å²) in [6, 6.07) is 3.34. The van der Waals surface area contributed by atoms with Crippen LogP contribution in [-0.4, -0.2) is 13.0 Å². The van der Waals surface area contributed by atoms with Crippen molar-refractivity contribution in [2.24, 2.45) is 5.84 Å². The molecule has 0 bridgehead atoms. The van der Waals surface area contributed by atoms with Crippen molar-refractivity contribution in [1.29, 1.82) is 0 Å². The van der Waals surface area contributed by atoms with Crippen LogP contribution in [0.15, 0.2) is 12.1 Å². The second kappa shape index (κ2) is 5.39. The van der Waals surface area contributed by atoms with Crippen molar-refractivity contribution in [3.05, 3.63) is 27.7 Å². The molecule has 0 heterocycles. The molecule has 0 fully saturated rings. The Hall–Kier alpha value is -0.970. The lowest BCUT2D eigenvalue weighted by molar-refractivity contribution is -0.122. The Kier molecular flexibility index (Phi) is 4.41. The predicted octanol–water partition coefficient (Wildman–Crippen LogP) is 2.10. The molecular weight excluding hydrogens is 251 g/mol. The molecule has 88 valence electrons. The van der Waals surface area contributed by atoms with Gasteiger partial charge in [0.2, 0.25) is 5.91 Å². The Labute approximate surface area is 104 Å². The van der Waals surface area contributed by atoms with Crippen LogP contribution >= 0.6 is 23.2 Å². The Bertz CT molecular complexity index is 410. The van der Waals surface area contributed by atoms with Gasteiger partial charge in [-0.3, -0.25) is 10.2 Å². The number of carbonyl (C=O) groups is 1. The molecule has 0 saturated heterocycles. The Morgan fingerprint density at radius 1 is 1.44 bits per heavy atom. The highest BCUT2D eigenvalue weighted by Crippen LogP contribution is 2.37. The molecule has 1 unspecified atom stereocenters. The predicted molar refractivity (Wildman–Crippen MR) is 63.8 cm³/mol. The summed E-state index contributed by atoms with van der Waals surface area (Å²) in [7, 11) is 1.49. The summed E-state index contributed by atoms with van der Waals surface area (Å²) in [6.07, 6.45) is 0. The van der Waals surface area contributed by atoms with Gasteiger partial charge < -0.3 is 4.74 Å². The van der Waals surface area contributed by atoms with Gasteiger partial charge in [0.05, 0.1) is 18.1 Å². The Morgan fingerprint density at radius 3 is 2.56 bits per heavy atom. The van der Waals surface area contributed by atoms with Crippen molar-refractivity contribution in [3.63, 3.8) is 0 Å². The first-order chi connectivity index (χ1) is 7.52. The number of amides is 1. The third-order valence-corrected chi connectivity index (χ3v) is 3.18. The van der Waals surface area contributed by atoms with E-state index in [-0.39, 0.29) is 5.91 Å². The molecule has 6 heteroatoms. The molecule has 1 amide bonds. The zero-order valence-corrected chi connectivity index (χ0v) is 10.4. The van der Waals surface area contributed by atoms with E-state index in [0.29, 0.717) is 21.4 Å². The van der Waals surface area contributed by atoms with Crippen molar-refractivity contribution in [2.45, 2.75) is 12.8 Å². The fourth-order valence-electron chi connectivity index (χ4n) is 1.30. The molecule has 1 rings (SSSR count). The smallest absolute Gasteiger partial charge is 0.241 e. The second-order valence-corrected chi connectivity index (χ2v) is 3.97. The summed E-state index contributed by atoms with van der Waals surface area (Å²) in [4.78, 5) is 11.4. The molecule has 0 saturated carbocycles. The van der Waals surface area contributed by atoms with Crippen LogP contribution in [0.2, 0.25) is 10.0 Å². The summed E-state index contributed by atoms with van der Waals surface area (Å²) in [5, 5.41) is 0.593. The quantitative estimate of drug-likeness (QED) is 0.498. The van der Waals surface area contributed by atoms with Crippen LogP contribution in [0.5, 0.6) is 5.75 Å². The number of ether oxygens (including phenoxy) is 1. The maximum absolute atomic E-state index is 11.4. The summed E-state index contributed by atoms with van der Waals surface area (Å²) in [5.74, 6) is 4.72. The summed E-state index contributed by atoms with van der Waals surface area (Å²) in [6.45, 7) is 1.69. The van der Waals surface area contributed by atoms with Gasteiger partial charge in [0.1, 0.15) is 10.8 Å². The maximum atomic E-state index is 11.4. The normalized spacial score (nSPS) is 12.1. The van der Waals surface area contributed by atoms with E-state index >= 15 is 0 Å². The maximum Gasteiger partial charge on any atom is 0.241 e. The topological polar surface area (TPSA) is 64.3 Å². The average molecular weight is 263 g/mol. The number of carbonyl (C=O) groups excluding carboxylic acids is 1. The largest absolute Gasteiger partial charge is 0.495 e. The van der Waals surface area contributed by atoms with Gasteiger partial charge in [-0.15, -0.1) is 0 Å². The lowest BCUT2D eigenvalue weighted by Crippen LogP contribution is -2.33. The number of nitrogens with one attached hydrogen (secondary N) is 1. The molecule has 0 aliphatic heterocycles. The number of rotatable bonds is 3. The molecule has 0 radical (unpaired) electrons. The zero-order chi connectivity index (χ0) is 12.3. The molecule has 0 aromatic heterocycles. The SMILES string of the molecule is COc1ccc(C(C)C(=O)NN)c(Cl)c1Cl. The van der Waals surface area contributed by atoms with Crippen LogP contribution < -0.4 is 16.0 Å². The molecule has 4 nitrogen and oxygen atoms in total. The molecule has 1 aromatic rings. The molecule has 1 atom stereocenters. The van der Waals surface area contributed by atoms with Crippen LogP contribution in [0, 0.1) is 0 Å². The third kappa shape index (κ3) is 2.40. The highest BCUT2D eigenvalue weighted by atomic mass is 35.5. The first-order valence-corrected chi connectivity index (χ1v) is 5.30. The molecule has 1 aromatic carbocycles. The first kappa shape index (κ1) is 13.1. The lowest BCUT2D eigenvalue weighted by atomic mass is 10.0. The molecule has 0 aliphatic carbocycles. The minimum atomic E-state index is -0.471. The van der Waals surface area contributed by atoms with E-state index in [9.17, 15) is 4.79 Å². The number of benzene rings is 1. The van der Waals surface area contributed by atoms with Gasteiger partial charge in [-0.1, -0.05) is 29.3 Å². The van der Waals surface area contributed by atoms with Crippen LogP contribution in [0.1, 0.15) is 18.4 Å². The minimum absolute atomic E-state index is 0.290. The fourth-order valence-corrected chi connectivity index (χ4v) is 1.87. The van der Waals surface area contributed by atoms with Gasteiger partial charge in [-0.05, 0) is 18.6 Å². The van der Waals surface area contributed by atoms with E-state index in [0.717, 1.165) is 0 Å². The van der Waals surface area contributed by atoms with E-state index in [4.69, 9.17) is 33.8 Å². The fraction of sp³-hybridized carbons (Fsp3) is 0.300. The van der Waals surface area contributed by atoms with Crippen LogP contribution in [-0.2, 0) is 4.79 Å². The standard InChI is InChI=1S/C10H12Cl2N2O2/c1-5(10(15)14-13)6-3-4-7(16-2)9(12)8(6)11/h3-5H,13H2,1-2H3,(H,14,15). The van der Waals surface area contributed by atoms with Crippen LogP contribution in [0.25, 0.3) is 0 Å².